The number of amides is 3. The third-order valence-corrected chi connectivity index (χ3v) is 4.03. The third-order valence-electron chi connectivity index (χ3n) is 4.03. The molecular weight excluding hydrogens is 276 g/mol. The van der Waals surface area contributed by atoms with E-state index in [0.717, 1.165) is 5.56 Å². The molecule has 1 aromatic carbocycles. The predicted octanol–water partition coefficient (Wildman–Crippen LogP) is 0.176. The molecule has 0 saturated carbocycles. The molecule has 1 N–H and O–H groups in total. The smallest absolute Gasteiger partial charge is 0.259 e. The van der Waals surface area contributed by atoms with Gasteiger partial charge in [-0.05, 0) is 18.1 Å². The number of rotatable bonds is 1. The molecule has 7 heteroatoms. The van der Waals surface area contributed by atoms with E-state index in [2.05, 4.69) is 5.32 Å². The molecule has 0 unspecified atom stereocenters. The number of piperidine rings is 1. The van der Waals surface area contributed by atoms with Gasteiger partial charge in [0.15, 0.2) is 11.5 Å². The van der Waals surface area contributed by atoms with Crippen molar-refractivity contribution in [1.29, 1.82) is 0 Å². The highest BCUT2D eigenvalue weighted by Crippen LogP contribution is 2.42. The lowest BCUT2D eigenvalue weighted by Crippen LogP contribution is -2.52. The van der Waals surface area contributed by atoms with Gasteiger partial charge in [0.2, 0.25) is 18.6 Å². The van der Waals surface area contributed by atoms with E-state index in [1.807, 2.05) is 6.07 Å². The van der Waals surface area contributed by atoms with Crippen molar-refractivity contribution >= 4 is 17.7 Å². The Kier molecular flexibility index (Phi) is 2.44. The van der Waals surface area contributed by atoms with Crippen molar-refractivity contribution in [2.75, 3.05) is 6.79 Å². The van der Waals surface area contributed by atoms with Crippen LogP contribution in [0, 0.1) is 0 Å². The van der Waals surface area contributed by atoms with Crippen molar-refractivity contribution < 1.29 is 23.9 Å². The van der Waals surface area contributed by atoms with Crippen LogP contribution in [0.15, 0.2) is 12.1 Å². The molecule has 21 heavy (non-hydrogen) atoms. The molecule has 0 radical (unpaired) electrons. The molecule has 3 aliphatic heterocycles. The second kappa shape index (κ2) is 4.21. The van der Waals surface area contributed by atoms with Crippen LogP contribution in [0.3, 0.4) is 0 Å². The van der Waals surface area contributed by atoms with E-state index in [1.165, 1.54) is 4.90 Å². The summed E-state index contributed by atoms with van der Waals surface area (Å²) in [5.74, 6) is 0.0422. The van der Waals surface area contributed by atoms with Gasteiger partial charge in [-0.15, -0.1) is 0 Å². The molecule has 3 aliphatic rings. The average molecular weight is 288 g/mol. The Balaban J connectivity index is 1.68. The SMILES string of the molecule is O=C1CC[C@H](N2Cc3ccc4c(c3C2=O)OCO4)C(=O)N1. The Morgan fingerprint density at radius 2 is 2.05 bits per heavy atom. The van der Waals surface area contributed by atoms with Crippen LogP contribution in [-0.2, 0) is 16.1 Å². The zero-order valence-corrected chi connectivity index (χ0v) is 11.0. The molecule has 0 spiro atoms. The van der Waals surface area contributed by atoms with Crippen LogP contribution in [0.4, 0.5) is 0 Å². The minimum atomic E-state index is -0.611. The number of carbonyl (C=O) groups excluding carboxylic acids is 3. The molecular formula is C14H12N2O5. The molecule has 7 nitrogen and oxygen atoms in total. The van der Waals surface area contributed by atoms with E-state index in [4.69, 9.17) is 9.47 Å². The molecule has 3 amide bonds. The van der Waals surface area contributed by atoms with E-state index in [-0.39, 0.29) is 25.0 Å². The van der Waals surface area contributed by atoms with Gasteiger partial charge in [0.25, 0.3) is 5.91 Å². The van der Waals surface area contributed by atoms with Crippen LogP contribution in [0.2, 0.25) is 0 Å². The van der Waals surface area contributed by atoms with Gasteiger partial charge in [-0.1, -0.05) is 6.07 Å². The number of fused-ring (bicyclic) bond motifs is 3. The van der Waals surface area contributed by atoms with Crippen molar-refractivity contribution in [1.82, 2.24) is 10.2 Å². The maximum absolute atomic E-state index is 12.6. The van der Waals surface area contributed by atoms with Gasteiger partial charge < -0.3 is 14.4 Å². The summed E-state index contributed by atoms with van der Waals surface area (Å²) in [5, 5.41) is 2.28. The van der Waals surface area contributed by atoms with Crippen molar-refractivity contribution in [3.05, 3.63) is 23.3 Å². The first-order valence-corrected chi connectivity index (χ1v) is 6.71. The van der Waals surface area contributed by atoms with Crippen LogP contribution >= 0.6 is 0 Å². The number of hydrogen-bond donors (Lipinski definition) is 1. The molecule has 0 aliphatic carbocycles. The standard InChI is InChI=1S/C14H12N2O5/c17-10-4-2-8(13(18)15-10)16-5-7-1-3-9-12(21-6-20-9)11(7)14(16)19/h1,3,8H,2,4-6H2,(H,15,17,18)/t8-/m0/s1. The first kappa shape index (κ1) is 12.2. The summed E-state index contributed by atoms with van der Waals surface area (Å²) >= 11 is 0. The average Bonchev–Trinajstić information content (AvgIpc) is 3.03. The second-order valence-electron chi connectivity index (χ2n) is 5.23. The van der Waals surface area contributed by atoms with Crippen molar-refractivity contribution in [3.8, 4) is 11.5 Å². The monoisotopic (exact) mass is 288 g/mol. The van der Waals surface area contributed by atoms with Crippen molar-refractivity contribution in [3.63, 3.8) is 0 Å². The third kappa shape index (κ3) is 1.70. The molecule has 108 valence electrons. The van der Waals surface area contributed by atoms with Gasteiger partial charge in [-0.25, -0.2) is 0 Å². The highest BCUT2D eigenvalue weighted by molar-refractivity contribution is 6.07. The van der Waals surface area contributed by atoms with Crippen LogP contribution in [-0.4, -0.2) is 35.5 Å². The van der Waals surface area contributed by atoms with Crippen LogP contribution in [0.25, 0.3) is 0 Å². The minimum Gasteiger partial charge on any atom is -0.454 e. The van der Waals surface area contributed by atoms with E-state index in [1.54, 1.807) is 6.07 Å². The molecule has 0 aromatic heterocycles. The lowest BCUT2D eigenvalue weighted by molar-refractivity contribution is -0.136. The Morgan fingerprint density at radius 3 is 2.86 bits per heavy atom. The maximum Gasteiger partial charge on any atom is 0.259 e. The van der Waals surface area contributed by atoms with Crippen LogP contribution in [0.5, 0.6) is 11.5 Å². The number of imide groups is 1. The summed E-state index contributed by atoms with van der Waals surface area (Å²) in [7, 11) is 0. The lowest BCUT2D eigenvalue weighted by atomic mass is 10.0. The number of carbonyl (C=O) groups is 3. The minimum absolute atomic E-state index is 0.0947. The number of ether oxygens (including phenoxy) is 2. The number of nitrogens with zero attached hydrogens (tertiary/aromatic N) is 1. The van der Waals surface area contributed by atoms with E-state index in [9.17, 15) is 14.4 Å². The summed E-state index contributed by atoms with van der Waals surface area (Å²) in [6.07, 6.45) is 0.595. The zero-order valence-electron chi connectivity index (χ0n) is 11.0. The summed E-state index contributed by atoms with van der Waals surface area (Å²) in [4.78, 5) is 37.3. The molecule has 1 fully saturated rings. The Hall–Kier alpha value is -2.57. The van der Waals surface area contributed by atoms with Gasteiger partial charge in [-0.2, -0.15) is 0 Å². The Labute approximate surface area is 119 Å². The highest BCUT2D eigenvalue weighted by atomic mass is 16.7. The van der Waals surface area contributed by atoms with Crippen LogP contribution in [0.1, 0.15) is 28.8 Å². The van der Waals surface area contributed by atoms with E-state index >= 15 is 0 Å². The van der Waals surface area contributed by atoms with Gasteiger partial charge in [-0.3, -0.25) is 19.7 Å². The topological polar surface area (TPSA) is 84.9 Å². The van der Waals surface area contributed by atoms with E-state index in [0.29, 0.717) is 30.0 Å². The summed E-state index contributed by atoms with van der Waals surface area (Å²) in [5.41, 5.74) is 1.28. The normalized spacial score (nSPS) is 23.3. The molecule has 0 bridgehead atoms. The summed E-state index contributed by atoms with van der Waals surface area (Å²) in [6, 6.07) is 2.97. The fraction of sp³-hybridized carbons (Fsp3) is 0.357. The number of benzene rings is 1. The van der Waals surface area contributed by atoms with Crippen LogP contribution < -0.4 is 14.8 Å². The number of hydrogen-bond acceptors (Lipinski definition) is 5. The molecule has 1 atom stereocenters. The Morgan fingerprint density at radius 1 is 1.19 bits per heavy atom. The fourth-order valence-corrected chi connectivity index (χ4v) is 3.01. The molecule has 3 heterocycles. The molecule has 1 aromatic rings. The maximum atomic E-state index is 12.6. The number of nitrogens with one attached hydrogen (secondary N) is 1. The quantitative estimate of drug-likeness (QED) is 0.745. The summed E-state index contributed by atoms with van der Waals surface area (Å²) < 4.78 is 10.6. The van der Waals surface area contributed by atoms with E-state index < -0.39 is 11.9 Å². The fourth-order valence-electron chi connectivity index (χ4n) is 3.01. The first-order chi connectivity index (χ1) is 10.1. The molecule has 4 rings (SSSR count). The molecule has 1 saturated heterocycles. The van der Waals surface area contributed by atoms with Crippen molar-refractivity contribution in [2.24, 2.45) is 0 Å². The van der Waals surface area contributed by atoms with Crippen molar-refractivity contribution in [2.45, 2.75) is 25.4 Å². The predicted molar refractivity (Wildman–Crippen MR) is 68.6 cm³/mol. The zero-order chi connectivity index (χ0) is 14.6. The first-order valence-electron chi connectivity index (χ1n) is 6.71. The Bertz CT molecular complexity index is 684. The lowest BCUT2D eigenvalue weighted by Gasteiger charge is -2.29. The highest BCUT2D eigenvalue weighted by Gasteiger charge is 2.41. The van der Waals surface area contributed by atoms with Gasteiger partial charge in [0.1, 0.15) is 6.04 Å². The van der Waals surface area contributed by atoms with Gasteiger partial charge in [0.05, 0.1) is 5.56 Å². The van der Waals surface area contributed by atoms with Gasteiger partial charge in [0, 0.05) is 13.0 Å². The second-order valence-corrected chi connectivity index (χ2v) is 5.23. The summed E-state index contributed by atoms with van der Waals surface area (Å²) in [6.45, 7) is 0.439. The largest absolute Gasteiger partial charge is 0.454 e. The van der Waals surface area contributed by atoms with Gasteiger partial charge >= 0.3 is 0 Å².